The minimum absolute atomic E-state index is 0.436. The number of aromatic amines is 1. The van der Waals surface area contributed by atoms with Gasteiger partial charge in [0.1, 0.15) is 11.3 Å². The zero-order valence-corrected chi connectivity index (χ0v) is 18.0. The highest BCUT2D eigenvalue weighted by Gasteiger charge is 2.16. The number of rotatable bonds is 5. The standard InChI is InChI=1S/C26H27N5O/c27-25(32)22-8-4-9-23-24(22)29-26(28-23)20-10-12-21(13-11-20)31-15-5-14-30(16-17-31)18-19-6-2-1-3-7-19/h1-4,6-13H,5,14-18H2,(H2,27,32)(H,28,29). The molecule has 6 nitrogen and oxygen atoms in total. The molecule has 4 aromatic rings. The third kappa shape index (κ3) is 4.22. The zero-order chi connectivity index (χ0) is 21.9. The largest absolute Gasteiger partial charge is 0.370 e. The van der Waals surface area contributed by atoms with E-state index in [1.54, 1.807) is 6.07 Å². The molecule has 162 valence electrons. The van der Waals surface area contributed by atoms with Crippen LogP contribution in [-0.2, 0) is 6.54 Å². The Morgan fingerprint density at radius 3 is 2.50 bits per heavy atom. The van der Waals surface area contributed by atoms with Crippen LogP contribution in [0.25, 0.3) is 22.4 Å². The number of nitrogens with two attached hydrogens (primary N) is 1. The number of carbonyl (C=O) groups excluding carboxylic acids is 1. The second kappa shape index (κ2) is 8.85. The molecule has 0 spiro atoms. The summed E-state index contributed by atoms with van der Waals surface area (Å²) in [6.07, 6.45) is 1.15. The lowest BCUT2D eigenvalue weighted by Gasteiger charge is -2.24. The maximum atomic E-state index is 11.7. The van der Waals surface area contributed by atoms with Crippen molar-refractivity contribution < 1.29 is 4.79 Å². The van der Waals surface area contributed by atoms with Gasteiger partial charge < -0.3 is 15.6 Å². The molecule has 0 atom stereocenters. The SMILES string of the molecule is NC(=O)c1cccc2[nH]c(-c3ccc(N4CCCN(Cc5ccccc5)CC4)cc3)nc12. The molecule has 0 bridgehead atoms. The number of anilines is 1. The van der Waals surface area contributed by atoms with E-state index in [-0.39, 0.29) is 0 Å². The number of imidazole rings is 1. The second-order valence-electron chi connectivity index (χ2n) is 8.30. The van der Waals surface area contributed by atoms with Crippen LogP contribution in [0.1, 0.15) is 22.3 Å². The molecule has 2 heterocycles. The number of amides is 1. The van der Waals surface area contributed by atoms with Gasteiger partial charge in [0.2, 0.25) is 0 Å². The summed E-state index contributed by atoms with van der Waals surface area (Å²) in [6, 6.07) is 24.6. The number of para-hydroxylation sites is 1. The minimum Gasteiger partial charge on any atom is -0.370 e. The van der Waals surface area contributed by atoms with Crippen molar-refractivity contribution in [3.63, 3.8) is 0 Å². The zero-order valence-electron chi connectivity index (χ0n) is 18.0. The normalized spacial score (nSPS) is 15.1. The van der Waals surface area contributed by atoms with Gasteiger partial charge in [0, 0.05) is 44.0 Å². The lowest BCUT2D eigenvalue weighted by Crippen LogP contribution is -2.30. The van der Waals surface area contributed by atoms with Gasteiger partial charge in [0.15, 0.2) is 0 Å². The van der Waals surface area contributed by atoms with Crippen molar-refractivity contribution in [3.05, 3.63) is 83.9 Å². The van der Waals surface area contributed by atoms with Crippen LogP contribution in [-0.4, -0.2) is 47.0 Å². The molecule has 6 heteroatoms. The van der Waals surface area contributed by atoms with Gasteiger partial charge in [-0.25, -0.2) is 4.98 Å². The minimum atomic E-state index is -0.466. The lowest BCUT2D eigenvalue weighted by molar-refractivity contribution is 0.100. The average molecular weight is 426 g/mol. The molecular formula is C26H27N5O. The molecule has 1 aromatic heterocycles. The summed E-state index contributed by atoms with van der Waals surface area (Å²) in [5, 5.41) is 0. The van der Waals surface area contributed by atoms with Crippen molar-refractivity contribution in [1.82, 2.24) is 14.9 Å². The van der Waals surface area contributed by atoms with E-state index in [1.165, 1.54) is 11.3 Å². The van der Waals surface area contributed by atoms with Crippen LogP contribution < -0.4 is 10.6 Å². The number of nitrogens with one attached hydrogen (secondary N) is 1. The van der Waals surface area contributed by atoms with Crippen molar-refractivity contribution >= 4 is 22.6 Å². The summed E-state index contributed by atoms with van der Waals surface area (Å²) in [5.41, 5.74) is 10.9. The quantitative estimate of drug-likeness (QED) is 0.506. The Morgan fingerprint density at radius 1 is 0.906 bits per heavy atom. The fraction of sp³-hybridized carbons (Fsp3) is 0.231. The van der Waals surface area contributed by atoms with E-state index in [1.807, 2.05) is 12.1 Å². The van der Waals surface area contributed by atoms with E-state index in [0.717, 1.165) is 56.0 Å². The van der Waals surface area contributed by atoms with Gasteiger partial charge in [-0.3, -0.25) is 9.69 Å². The monoisotopic (exact) mass is 425 g/mol. The number of carbonyl (C=O) groups is 1. The van der Waals surface area contributed by atoms with Crippen molar-refractivity contribution in [2.45, 2.75) is 13.0 Å². The highest BCUT2D eigenvalue weighted by atomic mass is 16.1. The third-order valence-corrected chi connectivity index (χ3v) is 6.12. The molecule has 1 aliphatic rings. The van der Waals surface area contributed by atoms with Crippen LogP contribution in [0.15, 0.2) is 72.8 Å². The van der Waals surface area contributed by atoms with Gasteiger partial charge in [0.05, 0.1) is 11.1 Å². The van der Waals surface area contributed by atoms with Crippen molar-refractivity contribution in [3.8, 4) is 11.4 Å². The van der Waals surface area contributed by atoms with Crippen LogP contribution in [0.2, 0.25) is 0 Å². The number of benzene rings is 3. The van der Waals surface area contributed by atoms with Crippen molar-refractivity contribution in [2.75, 3.05) is 31.1 Å². The summed E-state index contributed by atoms with van der Waals surface area (Å²) >= 11 is 0. The maximum absolute atomic E-state index is 11.7. The number of primary amides is 1. The molecule has 0 saturated carbocycles. The third-order valence-electron chi connectivity index (χ3n) is 6.12. The summed E-state index contributed by atoms with van der Waals surface area (Å²) in [6.45, 7) is 5.24. The van der Waals surface area contributed by atoms with E-state index < -0.39 is 5.91 Å². The smallest absolute Gasteiger partial charge is 0.250 e. The molecule has 32 heavy (non-hydrogen) atoms. The van der Waals surface area contributed by atoms with E-state index >= 15 is 0 Å². The van der Waals surface area contributed by atoms with Gasteiger partial charge in [0.25, 0.3) is 5.91 Å². The van der Waals surface area contributed by atoms with Crippen molar-refractivity contribution in [1.29, 1.82) is 0 Å². The molecule has 3 aromatic carbocycles. The Labute approximate surface area is 187 Å². The maximum Gasteiger partial charge on any atom is 0.250 e. The Bertz CT molecular complexity index is 1220. The molecule has 0 radical (unpaired) electrons. The molecule has 5 rings (SSSR count). The van der Waals surface area contributed by atoms with Crippen LogP contribution in [0, 0.1) is 0 Å². The molecule has 0 aliphatic carbocycles. The van der Waals surface area contributed by atoms with Crippen LogP contribution in [0.3, 0.4) is 0 Å². The predicted octanol–water partition coefficient (Wildman–Crippen LogP) is 4.04. The van der Waals surface area contributed by atoms with Gasteiger partial charge in [-0.2, -0.15) is 0 Å². The first-order chi connectivity index (χ1) is 15.7. The fourth-order valence-corrected chi connectivity index (χ4v) is 4.43. The topological polar surface area (TPSA) is 78.2 Å². The number of fused-ring (bicyclic) bond motifs is 1. The number of hydrogen-bond acceptors (Lipinski definition) is 4. The molecule has 1 saturated heterocycles. The number of H-pyrrole nitrogens is 1. The summed E-state index contributed by atoms with van der Waals surface area (Å²) in [5.74, 6) is 0.275. The highest BCUT2D eigenvalue weighted by Crippen LogP contribution is 2.26. The number of nitrogens with zero attached hydrogens (tertiary/aromatic N) is 3. The first-order valence-corrected chi connectivity index (χ1v) is 11.1. The van der Waals surface area contributed by atoms with Crippen LogP contribution >= 0.6 is 0 Å². The predicted molar refractivity (Wildman–Crippen MR) is 129 cm³/mol. The molecule has 1 aliphatic heterocycles. The molecule has 1 amide bonds. The summed E-state index contributed by atoms with van der Waals surface area (Å²) in [7, 11) is 0. The molecule has 0 unspecified atom stereocenters. The molecular weight excluding hydrogens is 398 g/mol. The van der Waals surface area contributed by atoms with Crippen LogP contribution in [0.5, 0.6) is 0 Å². The average Bonchev–Trinajstić information content (AvgIpc) is 3.13. The Kier molecular flexibility index (Phi) is 5.60. The van der Waals surface area contributed by atoms with Gasteiger partial charge in [-0.15, -0.1) is 0 Å². The van der Waals surface area contributed by atoms with E-state index in [2.05, 4.69) is 74.4 Å². The number of hydrogen-bond donors (Lipinski definition) is 2. The first kappa shape index (κ1) is 20.3. The lowest BCUT2D eigenvalue weighted by atomic mass is 10.2. The molecule has 1 fully saturated rings. The van der Waals surface area contributed by atoms with Crippen LogP contribution in [0.4, 0.5) is 5.69 Å². The first-order valence-electron chi connectivity index (χ1n) is 11.1. The summed E-state index contributed by atoms with van der Waals surface area (Å²) < 4.78 is 0. The van der Waals surface area contributed by atoms with E-state index in [4.69, 9.17) is 5.73 Å². The fourth-order valence-electron chi connectivity index (χ4n) is 4.43. The second-order valence-corrected chi connectivity index (χ2v) is 8.30. The number of aromatic nitrogens is 2. The Morgan fingerprint density at radius 2 is 1.72 bits per heavy atom. The Balaban J connectivity index is 1.29. The van der Waals surface area contributed by atoms with Gasteiger partial charge in [-0.05, 0) is 48.4 Å². The molecule has 3 N–H and O–H groups in total. The van der Waals surface area contributed by atoms with E-state index in [9.17, 15) is 4.79 Å². The summed E-state index contributed by atoms with van der Waals surface area (Å²) in [4.78, 5) is 24.6. The van der Waals surface area contributed by atoms with Crippen molar-refractivity contribution in [2.24, 2.45) is 5.73 Å². The van der Waals surface area contributed by atoms with Gasteiger partial charge in [-0.1, -0.05) is 36.4 Å². The highest BCUT2D eigenvalue weighted by molar-refractivity contribution is 6.04. The van der Waals surface area contributed by atoms with E-state index in [0.29, 0.717) is 11.1 Å². The van der Waals surface area contributed by atoms with Gasteiger partial charge >= 0.3 is 0 Å². The Hall–Kier alpha value is -3.64.